The molecule has 0 spiro atoms. The van der Waals surface area contributed by atoms with E-state index >= 15 is 0 Å². The van der Waals surface area contributed by atoms with Crippen LogP contribution < -0.4 is 14.8 Å². The lowest BCUT2D eigenvalue weighted by atomic mass is 10.1. The van der Waals surface area contributed by atoms with Gasteiger partial charge in [0.05, 0.1) is 13.7 Å². The fraction of sp³-hybridized carbons (Fsp3) is 0.375. The lowest BCUT2D eigenvalue weighted by molar-refractivity contribution is -0.122. The van der Waals surface area contributed by atoms with Crippen LogP contribution in [0.1, 0.15) is 25.8 Å². The van der Waals surface area contributed by atoms with Crippen molar-refractivity contribution in [1.82, 2.24) is 10.2 Å². The lowest BCUT2D eigenvalue weighted by Crippen LogP contribution is -2.31. The maximum Gasteiger partial charge on any atom is 0.276 e. The lowest BCUT2D eigenvalue weighted by Gasteiger charge is -2.12. The molecule has 1 fully saturated rings. The van der Waals surface area contributed by atoms with Crippen LogP contribution in [0.2, 0.25) is 0 Å². The second-order valence-corrected chi connectivity index (χ2v) is 6.14. The first-order chi connectivity index (χ1) is 11.0. The maximum absolute atomic E-state index is 12.4. The number of halogens is 1. The molecule has 0 unspecified atom stereocenters. The van der Waals surface area contributed by atoms with Gasteiger partial charge in [0.25, 0.3) is 5.91 Å². The van der Waals surface area contributed by atoms with E-state index in [1.54, 1.807) is 18.1 Å². The molecule has 0 radical (unpaired) electrons. The molecule has 23 heavy (non-hydrogen) atoms. The highest BCUT2D eigenvalue weighted by molar-refractivity contribution is 9.10. The molecule has 0 bridgehead atoms. The van der Waals surface area contributed by atoms with Gasteiger partial charge in [0.1, 0.15) is 5.70 Å². The minimum Gasteiger partial charge on any atom is -0.493 e. The minimum atomic E-state index is -0.114. The smallest absolute Gasteiger partial charge is 0.276 e. The van der Waals surface area contributed by atoms with Gasteiger partial charge in [0.2, 0.25) is 0 Å². The summed E-state index contributed by atoms with van der Waals surface area (Å²) in [4.78, 5) is 14.0. The molecular weight excluding hydrogens is 380 g/mol. The molecule has 0 saturated carbocycles. The second-order valence-electron chi connectivity index (χ2n) is 4.90. The number of hydrogen-bond acceptors (Lipinski definition) is 4. The summed E-state index contributed by atoms with van der Waals surface area (Å²) in [5, 5.41) is 3.41. The normalized spacial score (nSPS) is 16.0. The van der Waals surface area contributed by atoms with Crippen LogP contribution in [-0.2, 0) is 4.79 Å². The third kappa shape index (κ3) is 3.84. The fourth-order valence-electron chi connectivity index (χ4n) is 2.24. The van der Waals surface area contributed by atoms with Crippen molar-refractivity contribution >= 4 is 45.2 Å². The summed E-state index contributed by atoms with van der Waals surface area (Å²) < 4.78 is 11.7. The predicted octanol–water partition coefficient (Wildman–Crippen LogP) is 3.32. The van der Waals surface area contributed by atoms with E-state index in [2.05, 4.69) is 21.2 Å². The van der Waals surface area contributed by atoms with Gasteiger partial charge in [-0.3, -0.25) is 9.69 Å². The van der Waals surface area contributed by atoms with Crippen LogP contribution in [0.4, 0.5) is 0 Å². The zero-order valence-electron chi connectivity index (χ0n) is 13.3. The number of thiocarbonyl (C=S) groups is 1. The van der Waals surface area contributed by atoms with Gasteiger partial charge in [0.15, 0.2) is 16.6 Å². The Bertz CT molecular complexity index is 661. The Kier molecular flexibility index (Phi) is 6.01. The zero-order chi connectivity index (χ0) is 17.0. The number of nitrogens with zero attached hydrogens (tertiary/aromatic N) is 1. The minimum absolute atomic E-state index is 0.114. The highest BCUT2D eigenvalue weighted by atomic mass is 79.9. The van der Waals surface area contributed by atoms with Gasteiger partial charge >= 0.3 is 0 Å². The molecule has 2 rings (SSSR count). The predicted molar refractivity (Wildman–Crippen MR) is 97.6 cm³/mol. The molecule has 1 heterocycles. The van der Waals surface area contributed by atoms with Gasteiger partial charge in [-0.15, -0.1) is 0 Å². The SMILES string of the molecule is CCCN1C(=O)/C(=C/c2cc(OC)c(OCC)cc2Br)NC1=S. The average molecular weight is 399 g/mol. The van der Waals surface area contributed by atoms with E-state index in [1.807, 2.05) is 26.0 Å². The van der Waals surface area contributed by atoms with Gasteiger partial charge in [-0.1, -0.05) is 22.9 Å². The number of rotatable bonds is 6. The van der Waals surface area contributed by atoms with Crippen molar-refractivity contribution in [2.75, 3.05) is 20.3 Å². The molecule has 1 aliphatic heterocycles. The van der Waals surface area contributed by atoms with E-state index in [-0.39, 0.29) is 5.91 Å². The number of nitrogens with one attached hydrogen (secondary N) is 1. The van der Waals surface area contributed by atoms with Crippen molar-refractivity contribution in [2.24, 2.45) is 0 Å². The topological polar surface area (TPSA) is 50.8 Å². The fourth-order valence-corrected chi connectivity index (χ4v) is 2.96. The molecule has 1 aliphatic rings. The van der Waals surface area contributed by atoms with Gasteiger partial charge in [-0.2, -0.15) is 0 Å². The molecular formula is C16H19BrN2O3S. The van der Waals surface area contributed by atoms with Gasteiger partial charge in [-0.25, -0.2) is 0 Å². The van der Waals surface area contributed by atoms with Crippen molar-refractivity contribution in [3.63, 3.8) is 0 Å². The van der Waals surface area contributed by atoms with Crippen LogP contribution in [-0.4, -0.2) is 36.2 Å². The highest BCUT2D eigenvalue weighted by Crippen LogP contribution is 2.34. The molecule has 7 heteroatoms. The number of methoxy groups -OCH3 is 1. The summed E-state index contributed by atoms with van der Waals surface area (Å²) in [6.45, 7) is 5.07. The average Bonchev–Trinajstić information content (AvgIpc) is 2.78. The number of carbonyl (C=O) groups is 1. The van der Waals surface area contributed by atoms with E-state index < -0.39 is 0 Å². The van der Waals surface area contributed by atoms with E-state index in [0.717, 1.165) is 16.5 Å². The molecule has 0 aromatic heterocycles. The maximum atomic E-state index is 12.4. The molecule has 1 N–H and O–H groups in total. The molecule has 1 amide bonds. The number of ether oxygens (including phenoxy) is 2. The van der Waals surface area contributed by atoms with Crippen LogP contribution in [0.3, 0.4) is 0 Å². The van der Waals surface area contributed by atoms with Crippen LogP contribution in [0.5, 0.6) is 11.5 Å². The third-order valence-electron chi connectivity index (χ3n) is 3.29. The molecule has 0 aliphatic carbocycles. The third-order valence-corrected chi connectivity index (χ3v) is 4.30. The Morgan fingerprint density at radius 1 is 1.35 bits per heavy atom. The molecule has 124 valence electrons. The van der Waals surface area contributed by atoms with Crippen LogP contribution in [0, 0.1) is 0 Å². The quantitative estimate of drug-likeness (QED) is 0.588. The van der Waals surface area contributed by atoms with Crippen LogP contribution in [0.15, 0.2) is 22.3 Å². The number of hydrogen-bond donors (Lipinski definition) is 1. The second kappa shape index (κ2) is 7.79. The summed E-state index contributed by atoms with van der Waals surface area (Å²) in [5.74, 6) is 1.15. The monoisotopic (exact) mass is 398 g/mol. The van der Waals surface area contributed by atoms with Crippen LogP contribution in [0.25, 0.3) is 6.08 Å². The van der Waals surface area contributed by atoms with Gasteiger partial charge < -0.3 is 14.8 Å². The van der Waals surface area contributed by atoms with Crippen molar-refractivity contribution in [1.29, 1.82) is 0 Å². The van der Waals surface area contributed by atoms with Crippen molar-refractivity contribution in [3.05, 3.63) is 27.9 Å². The number of amides is 1. The number of benzene rings is 1. The van der Waals surface area contributed by atoms with E-state index in [1.165, 1.54) is 0 Å². The summed E-state index contributed by atoms with van der Waals surface area (Å²) in [5.41, 5.74) is 1.26. The Balaban J connectivity index is 2.36. The Morgan fingerprint density at radius 2 is 2.09 bits per heavy atom. The van der Waals surface area contributed by atoms with Crippen molar-refractivity contribution in [3.8, 4) is 11.5 Å². The highest BCUT2D eigenvalue weighted by Gasteiger charge is 2.29. The summed E-state index contributed by atoms with van der Waals surface area (Å²) >= 11 is 8.71. The van der Waals surface area contributed by atoms with Gasteiger partial charge in [0, 0.05) is 11.0 Å². The first kappa shape index (κ1) is 17.7. The number of carbonyl (C=O) groups excluding carboxylic acids is 1. The molecule has 5 nitrogen and oxygen atoms in total. The molecule has 1 saturated heterocycles. The van der Waals surface area contributed by atoms with E-state index in [4.69, 9.17) is 21.7 Å². The van der Waals surface area contributed by atoms with Crippen molar-refractivity contribution < 1.29 is 14.3 Å². The summed E-state index contributed by atoms with van der Waals surface area (Å²) in [6.07, 6.45) is 2.61. The van der Waals surface area contributed by atoms with Crippen LogP contribution >= 0.6 is 28.1 Å². The Hall–Kier alpha value is -1.60. The molecule has 1 aromatic carbocycles. The van der Waals surface area contributed by atoms with Crippen molar-refractivity contribution in [2.45, 2.75) is 20.3 Å². The molecule has 0 atom stereocenters. The Labute approximate surface area is 149 Å². The van der Waals surface area contributed by atoms with Gasteiger partial charge in [-0.05, 0) is 49.3 Å². The van der Waals surface area contributed by atoms with E-state index in [0.29, 0.717) is 35.5 Å². The summed E-state index contributed by atoms with van der Waals surface area (Å²) in [6, 6.07) is 3.65. The standard InChI is InChI=1S/C16H19BrN2O3S/c1-4-6-19-15(20)12(18-16(19)23)7-10-8-13(21-3)14(22-5-2)9-11(10)17/h7-9H,4-6H2,1-3H3,(H,18,23)/b12-7-. The Morgan fingerprint density at radius 3 is 2.70 bits per heavy atom. The molecule has 1 aromatic rings. The largest absolute Gasteiger partial charge is 0.493 e. The first-order valence-electron chi connectivity index (χ1n) is 7.36. The first-order valence-corrected chi connectivity index (χ1v) is 8.56. The van der Waals surface area contributed by atoms with E-state index in [9.17, 15) is 4.79 Å². The summed E-state index contributed by atoms with van der Waals surface area (Å²) in [7, 11) is 1.58. The zero-order valence-corrected chi connectivity index (χ0v) is 15.7.